The van der Waals surface area contributed by atoms with Crippen LogP contribution in [0.2, 0.25) is 0 Å². The first kappa shape index (κ1) is 18.2. The molecule has 6 heteroatoms. The van der Waals surface area contributed by atoms with Gasteiger partial charge in [-0.05, 0) is 54.2 Å². The molecule has 0 unspecified atom stereocenters. The van der Waals surface area contributed by atoms with Gasteiger partial charge in [0.15, 0.2) is 0 Å². The molecule has 1 fully saturated rings. The van der Waals surface area contributed by atoms with E-state index in [1.54, 1.807) is 13.2 Å². The van der Waals surface area contributed by atoms with Gasteiger partial charge < -0.3 is 19.5 Å². The van der Waals surface area contributed by atoms with Crippen LogP contribution in [0.5, 0.6) is 11.5 Å². The average Bonchev–Trinajstić information content (AvgIpc) is 3.39. The molecule has 1 N–H and O–H groups in total. The lowest BCUT2D eigenvalue weighted by molar-refractivity contribution is 0.0854. The topological polar surface area (TPSA) is 69.2 Å². The zero-order chi connectivity index (χ0) is 19.8. The number of carbonyl (C=O) groups is 1. The molecule has 0 saturated carbocycles. The fourth-order valence-electron chi connectivity index (χ4n) is 4.41. The fraction of sp³-hybridized carbons (Fsp3) is 0.391. The van der Waals surface area contributed by atoms with Gasteiger partial charge in [0.05, 0.1) is 19.4 Å². The highest BCUT2D eigenvalue weighted by Gasteiger charge is 2.28. The molecule has 3 heterocycles. The van der Waals surface area contributed by atoms with Gasteiger partial charge in [-0.2, -0.15) is 0 Å². The number of amidine groups is 1. The van der Waals surface area contributed by atoms with Crippen molar-refractivity contribution in [2.75, 3.05) is 26.9 Å². The van der Waals surface area contributed by atoms with Crippen molar-refractivity contribution in [3.8, 4) is 11.5 Å². The Balaban J connectivity index is 1.40. The Labute approximate surface area is 169 Å². The van der Waals surface area contributed by atoms with E-state index >= 15 is 0 Å². The fourth-order valence-corrected chi connectivity index (χ4v) is 4.41. The average molecular weight is 392 g/mol. The second-order valence-electron chi connectivity index (χ2n) is 7.68. The van der Waals surface area contributed by atoms with Crippen molar-refractivity contribution >= 4 is 17.4 Å². The summed E-state index contributed by atoms with van der Waals surface area (Å²) < 4.78 is 16.6. The van der Waals surface area contributed by atoms with Gasteiger partial charge in [0.1, 0.15) is 17.3 Å². The lowest BCUT2D eigenvalue weighted by atomic mass is 9.89. The van der Waals surface area contributed by atoms with Gasteiger partial charge in [0.2, 0.25) is 0 Å². The maximum absolute atomic E-state index is 12.8. The van der Waals surface area contributed by atoms with Gasteiger partial charge >= 0.3 is 0 Å². The Bertz CT molecular complexity index is 993. The second-order valence-corrected chi connectivity index (χ2v) is 7.68. The first-order valence-corrected chi connectivity index (χ1v) is 10.1. The van der Waals surface area contributed by atoms with E-state index in [1.165, 1.54) is 5.56 Å². The third-order valence-electron chi connectivity index (χ3n) is 5.95. The number of aliphatic imine (C=N–C) groups is 1. The highest BCUT2D eigenvalue weighted by Crippen LogP contribution is 2.42. The summed E-state index contributed by atoms with van der Waals surface area (Å²) in [7, 11) is 1.67. The minimum absolute atomic E-state index is 0.141. The van der Waals surface area contributed by atoms with E-state index in [2.05, 4.69) is 11.4 Å². The van der Waals surface area contributed by atoms with Crippen molar-refractivity contribution in [3.63, 3.8) is 0 Å². The molecule has 0 bridgehead atoms. The first-order valence-electron chi connectivity index (χ1n) is 10.1. The maximum Gasteiger partial charge on any atom is 0.256 e. The number of amides is 1. The summed E-state index contributed by atoms with van der Waals surface area (Å²) in [5.74, 6) is 2.65. The van der Waals surface area contributed by atoms with Crippen molar-refractivity contribution in [2.24, 2.45) is 4.99 Å². The Kier molecular flexibility index (Phi) is 4.72. The minimum atomic E-state index is -0.141. The molecule has 1 saturated heterocycles. The lowest BCUT2D eigenvalue weighted by Gasteiger charge is -2.24. The molecule has 0 aromatic heterocycles. The molecule has 3 aliphatic rings. The van der Waals surface area contributed by atoms with E-state index in [0.29, 0.717) is 30.3 Å². The number of nitrogens with zero attached hydrogens (tertiary/aromatic N) is 1. The lowest BCUT2D eigenvalue weighted by Crippen LogP contribution is -2.30. The van der Waals surface area contributed by atoms with Gasteiger partial charge in [-0.15, -0.1) is 0 Å². The van der Waals surface area contributed by atoms with Crippen LogP contribution in [0.1, 0.15) is 45.8 Å². The van der Waals surface area contributed by atoms with Gasteiger partial charge in [-0.1, -0.05) is 6.07 Å². The van der Waals surface area contributed by atoms with Gasteiger partial charge in [0, 0.05) is 37.2 Å². The van der Waals surface area contributed by atoms with Gasteiger partial charge in [0.25, 0.3) is 5.91 Å². The molecule has 150 valence electrons. The molecular weight excluding hydrogens is 368 g/mol. The predicted octanol–water partition coefficient (Wildman–Crippen LogP) is 3.54. The molecular formula is C23H24N2O4. The Morgan fingerprint density at radius 2 is 2.03 bits per heavy atom. The van der Waals surface area contributed by atoms with Crippen LogP contribution in [0.3, 0.4) is 0 Å². The van der Waals surface area contributed by atoms with Crippen LogP contribution >= 0.6 is 0 Å². The third kappa shape index (κ3) is 3.38. The highest BCUT2D eigenvalue weighted by atomic mass is 16.5. The number of ether oxygens (including phenoxy) is 3. The predicted molar refractivity (Wildman–Crippen MR) is 110 cm³/mol. The minimum Gasteiger partial charge on any atom is -0.496 e. The van der Waals surface area contributed by atoms with Crippen LogP contribution in [-0.4, -0.2) is 38.7 Å². The zero-order valence-corrected chi connectivity index (χ0v) is 16.5. The van der Waals surface area contributed by atoms with Crippen molar-refractivity contribution in [1.82, 2.24) is 5.32 Å². The normalized spacial score (nSPS) is 17.9. The quantitative estimate of drug-likeness (QED) is 0.868. The number of nitrogens with one attached hydrogen (secondary N) is 1. The maximum atomic E-state index is 12.8. The van der Waals surface area contributed by atoms with E-state index in [0.717, 1.165) is 60.8 Å². The van der Waals surface area contributed by atoms with E-state index in [-0.39, 0.29) is 5.91 Å². The Hall–Kier alpha value is -2.86. The standard InChI is InChI=1S/C23H24N2O4/c1-27-20-5-3-17(14-6-9-28-10-7-14)22-18(20)13-21(24-22)25-23(26)16-2-4-19-15(12-16)8-11-29-19/h2-5,12,14H,6-11,13H2,1H3,(H,24,25,26). The second kappa shape index (κ2) is 7.52. The van der Waals surface area contributed by atoms with Crippen LogP contribution in [0.25, 0.3) is 0 Å². The summed E-state index contributed by atoms with van der Waals surface area (Å²) in [5.41, 5.74) is 4.94. The summed E-state index contributed by atoms with van der Waals surface area (Å²) in [5, 5.41) is 3.00. The smallest absolute Gasteiger partial charge is 0.256 e. The summed E-state index contributed by atoms with van der Waals surface area (Å²) in [4.78, 5) is 17.6. The van der Waals surface area contributed by atoms with Crippen LogP contribution in [-0.2, 0) is 17.6 Å². The summed E-state index contributed by atoms with van der Waals surface area (Å²) in [6.45, 7) is 2.23. The SMILES string of the molecule is COc1ccc(C2CCOCC2)c2c1CC(NC(=O)c1ccc3c(c1)CCO3)=N2. The molecule has 0 aliphatic carbocycles. The summed E-state index contributed by atoms with van der Waals surface area (Å²) >= 11 is 0. The number of hydrogen-bond donors (Lipinski definition) is 1. The number of methoxy groups -OCH3 is 1. The number of fused-ring (bicyclic) bond motifs is 2. The number of hydrogen-bond acceptors (Lipinski definition) is 5. The van der Waals surface area contributed by atoms with E-state index < -0.39 is 0 Å². The molecule has 1 amide bonds. The molecule has 0 spiro atoms. The van der Waals surface area contributed by atoms with E-state index in [4.69, 9.17) is 19.2 Å². The molecule has 2 aromatic carbocycles. The zero-order valence-electron chi connectivity index (χ0n) is 16.5. The summed E-state index contributed by atoms with van der Waals surface area (Å²) in [6, 6.07) is 9.71. The van der Waals surface area contributed by atoms with Crippen molar-refractivity contribution < 1.29 is 19.0 Å². The van der Waals surface area contributed by atoms with Gasteiger partial charge in [-0.25, -0.2) is 4.99 Å². The molecule has 6 nitrogen and oxygen atoms in total. The monoisotopic (exact) mass is 392 g/mol. The molecule has 5 rings (SSSR count). The third-order valence-corrected chi connectivity index (χ3v) is 5.95. The van der Waals surface area contributed by atoms with Crippen LogP contribution in [0, 0.1) is 0 Å². The Morgan fingerprint density at radius 3 is 2.86 bits per heavy atom. The van der Waals surface area contributed by atoms with Crippen LogP contribution in [0.4, 0.5) is 5.69 Å². The number of benzene rings is 2. The molecule has 0 radical (unpaired) electrons. The number of rotatable bonds is 3. The van der Waals surface area contributed by atoms with E-state index in [9.17, 15) is 4.79 Å². The first-order chi connectivity index (χ1) is 14.2. The van der Waals surface area contributed by atoms with Crippen LogP contribution in [0.15, 0.2) is 35.3 Å². The largest absolute Gasteiger partial charge is 0.496 e. The Morgan fingerprint density at radius 1 is 1.17 bits per heavy atom. The highest BCUT2D eigenvalue weighted by molar-refractivity contribution is 6.09. The summed E-state index contributed by atoms with van der Waals surface area (Å²) in [6.07, 6.45) is 3.39. The molecule has 2 aromatic rings. The van der Waals surface area contributed by atoms with Crippen molar-refractivity contribution in [1.29, 1.82) is 0 Å². The van der Waals surface area contributed by atoms with Crippen molar-refractivity contribution in [2.45, 2.75) is 31.6 Å². The van der Waals surface area contributed by atoms with Crippen LogP contribution < -0.4 is 14.8 Å². The van der Waals surface area contributed by atoms with E-state index in [1.807, 2.05) is 18.2 Å². The number of carbonyl (C=O) groups excluding carboxylic acids is 1. The van der Waals surface area contributed by atoms with Crippen molar-refractivity contribution in [3.05, 3.63) is 52.6 Å². The molecule has 0 atom stereocenters. The molecule has 29 heavy (non-hydrogen) atoms. The van der Waals surface area contributed by atoms with Gasteiger partial charge in [-0.3, -0.25) is 4.79 Å². The molecule has 3 aliphatic heterocycles.